The molecule has 0 aliphatic heterocycles. The third kappa shape index (κ3) is 14.3. The summed E-state index contributed by atoms with van der Waals surface area (Å²) in [5.41, 5.74) is 3.97. The normalized spacial score (nSPS) is 11.7. The van der Waals surface area contributed by atoms with Gasteiger partial charge < -0.3 is 41.7 Å². The average Bonchev–Trinajstić information content (AvgIpc) is 4.24. The standard InChI is InChI=1S/C26H28N6O5S2.C22H20N6O5S2/c1-3-4-10-37-25(36)19(14-27-23(34)20-9-6-11-38-20)30-24(35)22-15(2)29-26(39-22)31-21(33)12-16-7-5-8-18-17(16)13-28-32-18;1-11-18(20(31)26-15(21(32)33)10-23-19(30)16-6-3-7-34-16)35-22(25-11)27-17(29)8-12-4-2-5-14-13(12)9-24-28-14/h5-9,11,13,19H,3-4,10,12,14H2,1-2H3,(H,27,34)(H,28,32)(H,30,35)(H,29,31,33);2-7,9,15H,8,10H2,1H3,(H,23,30)(H,24,28)(H,26,31)(H,32,33)(H,25,27,29)/t19-;15-/m00/s1. The number of benzene rings is 2. The second kappa shape index (κ2) is 25.5. The first-order chi connectivity index (χ1) is 35.7. The lowest BCUT2D eigenvalue weighted by Gasteiger charge is -2.18. The van der Waals surface area contributed by atoms with E-state index < -0.39 is 41.7 Å². The van der Waals surface area contributed by atoms with Crippen molar-refractivity contribution in [1.82, 2.24) is 51.6 Å². The molecule has 2 aromatic carbocycles. The Morgan fingerprint density at radius 2 is 1.11 bits per heavy atom. The molecule has 0 aliphatic rings. The van der Waals surface area contributed by atoms with Crippen LogP contribution in [0.25, 0.3) is 21.8 Å². The Morgan fingerprint density at radius 1 is 0.635 bits per heavy atom. The molecule has 0 aliphatic carbocycles. The molecule has 6 heterocycles. The van der Waals surface area contributed by atoms with Gasteiger partial charge in [-0.25, -0.2) is 19.6 Å². The van der Waals surface area contributed by atoms with Gasteiger partial charge in [0, 0.05) is 23.9 Å². The number of carboxylic acids is 1. The number of anilines is 2. The fraction of sp³-hybridized carbons (Fsp3) is 0.250. The van der Waals surface area contributed by atoms with Gasteiger partial charge in [0.2, 0.25) is 11.8 Å². The number of carbonyl (C=O) groups excluding carboxylic acids is 7. The van der Waals surface area contributed by atoms with Crippen molar-refractivity contribution >= 4 is 125 Å². The Kier molecular flexibility index (Phi) is 18.4. The van der Waals surface area contributed by atoms with Gasteiger partial charge in [0.05, 0.1) is 64.0 Å². The summed E-state index contributed by atoms with van der Waals surface area (Å²) in [4.78, 5) is 110. The number of carboxylic acid groups (broad SMARTS) is 1. The first-order valence-electron chi connectivity index (χ1n) is 22.7. The van der Waals surface area contributed by atoms with Gasteiger partial charge in [0.1, 0.15) is 21.8 Å². The number of nitrogens with zero attached hydrogens (tertiary/aromatic N) is 4. The first-order valence-corrected chi connectivity index (χ1v) is 26.1. The molecule has 0 bridgehead atoms. The summed E-state index contributed by atoms with van der Waals surface area (Å²) in [6, 6.07) is 15.3. The SMILES string of the molecule is CCCCOC(=O)[C@H](CNC(=O)c1cccs1)NC(=O)c1sc(NC(=O)Cc2cccc3[nH]ncc23)nc1C.Cc1nc(NC(=O)Cc2cccc3[nH]ncc23)sc1C(=O)N[C@@H](CNC(=O)c1cccs1)C(=O)O. The van der Waals surface area contributed by atoms with Crippen LogP contribution in [0.4, 0.5) is 10.3 Å². The van der Waals surface area contributed by atoms with Crippen LogP contribution >= 0.6 is 45.3 Å². The number of unbranched alkanes of at least 4 members (excludes halogenated alkanes) is 1. The highest BCUT2D eigenvalue weighted by Gasteiger charge is 2.28. The van der Waals surface area contributed by atoms with Crippen LogP contribution < -0.4 is 31.9 Å². The number of H-pyrrole nitrogens is 2. The van der Waals surface area contributed by atoms with Crippen molar-refractivity contribution in [3.63, 3.8) is 0 Å². The molecule has 384 valence electrons. The average molecular weight is 1080 g/mol. The molecule has 8 rings (SSSR count). The number of esters is 1. The second-order valence-corrected chi connectivity index (χ2v) is 20.0. The van der Waals surface area contributed by atoms with E-state index in [1.807, 2.05) is 43.3 Å². The molecule has 0 fully saturated rings. The van der Waals surface area contributed by atoms with E-state index in [0.717, 1.165) is 62.0 Å². The van der Waals surface area contributed by atoms with Gasteiger partial charge in [0.15, 0.2) is 10.3 Å². The Hall–Kier alpha value is -8.20. The predicted octanol–water partition coefficient (Wildman–Crippen LogP) is 5.63. The van der Waals surface area contributed by atoms with E-state index >= 15 is 0 Å². The number of aromatic nitrogens is 6. The molecule has 2 atom stereocenters. The molecule has 9 N–H and O–H groups in total. The lowest BCUT2D eigenvalue weighted by atomic mass is 10.1. The van der Waals surface area contributed by atoms with Gasteiger partial charge in [-0.15, -0.1) is 22.7 Å². The third-order valence-corrected chi connectivity index (χ3v) is 14.6. The lowest BCUT2D eigenvalue weighted by molar-refractivity contribution is -0.146. The Morgan fingerprint density at radius 3 is 1.55 bits per heavy atom. The van der Waals surface area contributed by atoms with Gasteiger partial charge in [-0.1, -0.05) is 72.4 Å². The van der Waals surface area contributed by atoms with Gasteiger partial charge in [0.25, 0.3) is 23.6 Å². The van der Waals surface area contributed by atoms with Crippen molar-refractivity contribution in [2.24, 2.45) is 0 Å². The number of amides is 6. The highest BCUT2D eigenvalue weighted by Crippen LogP contribution is 2.26. The van der Waals surface area contributed by atoms with E-state index in [1.54, 1.807) is 61.3 Å². The van der Waals surface area contributed by atoms with Crippen molar-refractivity contribution < 1.29 is 48.2 Å². The Labute approximate surface area is 437 Å². The van der Waals surface area contributed by atoms with E-state index in [0.29, 0.717) is 27.6 Å². The van der Waals surface area contributed by atoms with Crippen LogP contribution in [0.15, 0.2) is 83.8 Å². The molecule has 0 unspecified atom stereocenters. The molecule has 0 saturated heterocycles. The highest BCUT2D eigenvalue weighted by molar-refractivity contribution is 7.18. The van der Waals surface area contributed by atoms with Crippen molar-refractivity contribution in [2.45, 2.75) is 58.5 Å². The summed E-state index contributed by atoms with van der Waals surface area (Å²) in [6.07, 6.45) is 5.02. The molecule has 74 heavy (non-hydrogen) atoms. The third-order valence-electron chi connectivity index (χ3n) is 10.7. The number of aromatic amines is 2. The quantitative estimate of drug-likeness (QED) is 0.0311. The monoisotopic (exact) mass is 1080 g/mol. The summed E-state index contributed by atoms with van der Waals surface area (Å²) >= 11 is 4.42. The molecule has 8 aromatic rings. The number of hydrogen-bond donors (Lipinski definition) is 9. The van der Waals surface area contributed by atoms with Gasteiger partial charge in [-0.05, 0) is 66.4 Å². The topological polar surface area (TPSA) is 321 Å². The number of nitrogens with one attached hydrogen (secondary N) is 8. The number of rotatable bonds is 21. The number of hydrogen-bond acceptors (Lipinski definition) is 17. The van der Waals surface area contributed by atoms with E-state index in [4.69, 9.17) is 4.74 Å². The van der Waals surface area contributed by atoms with Gasteiger partial charge in [-0.3, -0.25) is 39.0 Å². The maximum absolute atomic E-state index is 13.1. The maximum Gasteiger partial charge on any atom is 0.330 e. The molecular formula is C48H48N12O10S4. The van der Waals surface area contributed by atoms with Crippen LogP contribution in [0.5, 0.6) is 0 Å². The summed E-state index contributed by atoms with van der Waals surface area (Å²) in [5, 5.41) is 44.5. The zero-order valence-corrected chi connectivity index (χ0v) is 43.0. The van der Waals surface area contributed by atoms with Crippen molar-refractivity contribution in [3.05, 3.63) is 126 Å². The fourth-order valence-corrected chi connectivity index (χ4v) is 10.1. The molecule has 0 radical (unpaired) electrons. The first kappa shape index (κ1) is 53.6. The van der Waals surface area contributed by atoms with Crippen LogP contribution in [-0.4, -0.2) is 115 Å². The number of aryl methyl sites for hydroxylation is 2. The molecule has 22 nitrogen and oxygen atoms in total. The molecular weight excluding hydrogens is 1030 g/mol. The predicted molar refractivity (Wildman–Crippen MR) is 280 cm³/mol. The molecule has 0 saturated carbocycles. The Bertz CT molecular complexity index is 3290. The largest absolute Gasteiger partial charge is 0.480 e. The van der Waals surface area contributed by atoms with Crippen LogP contribution in [-0.2, 0) is 36.8 Å². The minimum atomic E-state index is -1.35. The van der Waals surface area contributed by atoms with Gasteiger partial charge >= 0.3 is 11.9 Å². The van der Waals surface area contributed by atoms with Crippen LogP contribution in [0.3, 0.4) is 0 Å². The number of ether oxygens (including phenoxy) is 1. The molecule has 6 aromatic heterocycles. The number of aliphatic carboxylic acids is 1. The van der Waals surface area contributed by atoms with Crippen molar-refractivity contribution in [1.29, 1.82) is 0 Å². The Balaban J connectivity index is 0.000000217. The van der Waals surface area contributed by atoms with E-state index in [2.05, 4.69) is 62.3 Å². The van der Waals surface area contributed by atoms with E-state index in [1.165, 1.54) is 22.7 Å². The molecule has 26 heteroatoms. The van der Waals surface area contributed by atoms with E-state index in [9.17, 15) is 43.5 Å². The zero-order chi connectivity index (χ0) is 52.7. The lowest BCUT2D eigenvalue weighted by Crippen LogP contribution is -2.49. The summed E-state index contributed by atoms with van der Waals surface area (Å²) < 4.78 is 5.30. The summed E-state index contributed by atoms with van der Waals surface area (Å²) in [7, 11) is 0. The number of thiazole rings is 2. The van der Waals surface area contributed by atoms with Crippen molar-refractivity contribution in [3.8, 4) is 0 Å². The number of fused-ring (bicyclic) bond motifs is 2. The minimum absolute atomic E-state index is 0.0854. The number of carbonyl (C=O) groups is 8. The van der Waals surface area contributed by atoms with Crippen LogP contribution in [0.1, 0.15) is 81.0 Å². The fourth-order valence-electron chi connectivity index (χ4n) is 7.00. The van der Waals surface area contributed by atoms with Gasteiger partial charge in [-0.2, -0.15) is 10.2 Å². The maximum atomic E-state index is 13.1. The summed E-state index contributed by atoms with van der Waals surface area (Å²) in [6.45, 7) is 4.97. The highest BCUT2D eigenvalue weighted by atomic mass is 32.1. The summed E-state index contributed by atoms with van der Waals surface area (Å²) in [5.74, 6) is -4.56. The van der Waals surface area contributed by atoms with Crippen molar-refractivity contribution in [2.75, 3.05) is 30.3 Å². The van der Waals surface area contributed by atoms with Crippen LogP contribution in [0.2, 0.25) is 0 Å². The van der Waals surface area contributed by atoms with Crippen LogP contribution in [0, 0.1) is 13.8 Å². The number of thiophene rings is 2. The second-order valence-electron chi connectivity index (χ2n) is 16.1. The molecule has 0 spiro atoms. The van der Waals surface area contributed by atoms with E-state index in [-0.39, 0.29) is 70.3 Å². The molecule has 6 amide bonds. The minimum Gasteiger partial charge on any atom is -0.480 e. The zero-order valence-electron chi connectivity index (χ0n) is 39.7. The smallest absolute Gasteiger partial charge is 0.330 e.